The second kappa shape index (κ2) is 7.85. The van der Waals surface area contributed by atoms with E-state index in [1.54, 1.807) is 25.2 Å². The molecule has 1 N–H and O–H groups in total. The van der Waals surface area contributed by atoms with E-state index in [9.17, 15) is 17.6 Å². The molecule has 1 aromatic heterocycles. The molecule has 174 valence electrons. The number of hydrogen-bond donors (Lipinski definition) is 1. The van der Waals surface area contributed by atoms with Crippen LogP contribution >= 0.6 is 0 Å². The van der Waals surface area contributed by atoms with Crippen LogP contribution in [0.25, 0.3) is 22.3 Å². The van der Waals surface area contributed by atoms with Gasteiger partial charge < -0.3 is 9.73 Å². The number of rotatable bonds is 3. The molecule has 5 rings (SSSR count). The smallest absolute Gasteiger partial charge is 0.255 e. The van der Waals surface area contributed by atoms with Crippen LogP contribution in [0.2, 0.25) is 0 Å². The first kappa shape index (κ1) is 21.9. The molecule has 9 heteroatoms. The van der Waals surface area contributed by atoms with E-state index in [0.717, 1.165) is 24.9 Å². The Balaban J connectivity index is 1.79. The largest absolute Gasteiger partial charge is 0.455 e. The number of fused-ring (bicyclic) bond motifs is 3. The average Bonchev–Trinajstić information content (AvgIpc) is 3.37. The summed E-state index contributed by atoms with van der Waals surface area (Å²) in [5.41, 5.74) is 2.74. The molecule has 1 saturated heterocycles. The molecule has 3 aromatic rings. The fourth-order valence-electron chi connectivity index (χ4n) is 5.20. The van der Waals surface area contributed by atoms with Gasteiger partial charge in [-0.2, -0.15) is 0 Å². The van der Waals surface area contributed by atoms with Gasteiger partial charge in [0, 0.05) is 42.7 Å². The molecular formula is C24H26FN3O4S. The van der Waals surface area contributed by atoms with Crippen molar-refractivity contribution in [1.82, 2.24) is 10.2 Å². The third kappa shape index (κ3) is 3.59. The molecule has 0 radical (unpaired) electrons. The van der Waals surface area contributed by atoms with Gasteiger partial charge in [0.15, 0.2) is 0 Å². The highest BCUT2D eigenvalue weighted by Gasteiger charge is 2.39. The van der Waals surface area contributed by atoms with Gasteiger partial charge in [-0.15, -0.1) is 0 Å². The van der Waals surface area contributed by atoms with Crippen LogP contribution < -0.4 is 9.62 Å². The fourth-order valence-corrected chi connectivity index (χ4v) is 6.16. The van der Waals surface area contributed by atoms with Gasteiger partial charge in [-0.3, -0.25) is 14.0 Å². The van der Waals surface area contributed by atoms with Crippen molar-refractivity contribution in [2.45, 2.75) is 31.8 Å². The van der Waals surface area contributed by atoms with Crippen LogP contribution in [0, 0.1) is 5.82 Å². The Morgan fingerprint density at radius 2 is 1.94 bits per heavy atom. The van der Waals surface area contributed by atoms with Crippen LogP contribution in [0.1, 0.15) is 41.7 Å². The number of nitrogens with zero attached hydrogens (tertiary/aromatic N) is 2. The summed E-state index contributed by atoms with van der Waals surface area (Å²) in [6.07, 6.45) is 3.19. The minimum atomic E-state index is -3.53. The number of carbonyl (C=O) groups is 1. The lowest BCUT2D eigenvalue weighted by Gasteiger charge is -2.28. The van der Waals surface area contributed by atoms with E-state index in [2.05, 4.69) is 17.1 Å². The molecule has 1 amide bonds. The van der Waals surface area contributed by atoms with Crippen LogP contribution in [-0.4, -0.2) is 51.7 Å². The lowest BCUT2D eigenvalue weighted by Crippen LogP contribution is -2.40. The highest BCUT2D eigenvalue weighted by Crippen LogP contribution is 2.44. The molecule has 0 unspecified atom stereocenters. The standard InChI is InChI=1S/C24H26FN3O4S/c1-14-18-11-19-21(12-20(18)28(33(3,30)31)13-17-5-4-10-27(14)17)32-23(22(19)24(29)26-2)15-6-8-16(25)9-7-15/h6-9,11-12,14,17H,4-5,10,13H2,1-3H3,(H,26,29)/t14-,17+/m1/s1. The van der Waals surface area contributed by atoms with Crippen LogP contribution in [0.15, 0.2) is 40.8 Å². The van der Waals surface area contributed by atoms with Gasteiger partial charge in [0.2, 0.25) is 10.0 Å². The van der Waals surface area contributed by atoms with Crippen molar-refractivity contribution in [3.8, 4) is 11.3 Å². The van der Waals surface area contributed by atoms with Crippen molar-refractivity contribution < 1.29 is 22.0 Å². The molecule has 0 saturated carbocycles. The summed E-state index contributed by atoms with van der Waals surface area (Å²) in [6.45, 7) is 3.36. The third-order valence-corrected chi connectivity index (χ3v) is 7.96. The summed E-state index contributed by atoms with van der Waals surface area (Å²) in [7, 11) is -1.99. The second-order valence-electron chi connectivity index (χ2n) is 8.80. The molecule has 2 aliphatic heterocycles. The number of nitrogens with one attached hydrogen (secondary N) is 1. The number of hydrogen-bond acceptors (Lipinski definition) is 5. The topological polar surface area (TPSA) is 82.9 Å². The van der Waals surface area contributed by atoms with Crippen LogP contribution in [0.3, 0.4) is 0 Å². The predicted octanol–water partition coefficient (Wildman–Crippen LogP) is 3.90. The van der Waals surface area contributed by atoms with E-state index < -0.39 is 10.0 Å². The van der Waals surface area contributed by atoms with E-state index >= 15 is 0 Å². The van der Waals surface area contributed by atoms with E-state index in [-0.39, 0.29) is 23.8 Å². The number of benzene rings is 2. The van der Waals surface area contributed by atoms with Crippen molar-refractivity contribution in [2.75, 3.05) is 30.7 Å². The highest BCUT2D eigenvalue weighted by atomic mass is 32.2. The summed E-state index contributed by atoms with van der Waals surface area (Å²) in [6, 6.07) is 9.47. The van der Waals surface area contributed by atoms with Gasteiger partial charge >= 0.3 is 0 Å². The van der Waals surface area contributed by atoms with Crippen LogP contribution in [-0.2, 0) is 10.0 Å². The molecule has 33 heavy (non-hydrogen) atoms. The first-order valence-electron chi connectivity index (χ1n) is 11.0. The zero-order valence-electron chi connectivity index (χ0n) is 18.8. The number of furan rings is 1. The summed E-state index contributed by atoms with van der Waals surface area (Å²) >= 11 is 0. The van der Waals surface area contributed by atoms with E-state index in [0.29, 0.717) is 40.1 Å². The fraction of sp³-hybridized carbons (Fsp3) is 0.375. The molecule has 2 aliphatic rings. The Morgan fingerprint density at radius 1 is 1.21 bits per heavy atom. The lowest BCUT2D eigenvalue weighted by atomic mass is 9.99. The maximum absolute atomic E-state index is 13.5. The summed E-state index contributed by atoms with van der Waals surface area (Å²) in [4.78, 5) is 15.3. The number of sulfonamides is 1. The van der Waals surface area contributed by atoms with Gasteiger partial charge in [0.05, 0.1) is 17.5 Å². The molecule has 3 heterocycles. The SMILES string of the molecule is CNC(=O)c1c(-c2ccc(F)cc2)oc2cc3c(cc12)[C@@H](C)N1CCC[C@H]1CN3S(C)(=O)=O. The molecule has 2 atom stereocenters. The first-order chi connectivity index (χ1) is 15.7. The minimum absolute atomic E-state index is 0.0228. The van der Waals surface area contributed by atoms with Crippen molar-refractivity contribution in [2.24, 2.45) is 0 Å². The molecule has 1 fully saturated rings. The van der Waals surface area contributed by atoms with E-state index in [4.69, 9.17) is 4.42 Å². The lowest BCUT2D eigenvalue weighted by molar-refractivity contribution is 0.0964. The van der Waals surface area contributed by atoms with Crippen LogP contribution in [0.5, 0.6) is 0 Å². The van der Waals surface area contributed by atoms with E-state index in [1.165, 1.54) is 22.7 Å². The normalized spacial score (nSPS) is 21.0. The van der Waals surface area contributed by atoms with Gasteiger partial charge in [0.25, 0.3) is 5.91 Å². The van der Waals surface area contributed by atoms with Gasteiger partial charge in [-0.1, -0.05) is 0 Å². The quantitative estimate of drug-likeness (QED) is 0.627. The van der Waals surface area contributed by atoms with Crippen molar-refractivity contribution in [3.63, 3.8) is 0 Å². The number of anilines is 1. The second-order valence-corrected chi connectivity index (χ2v) is 10.7. The Morgan fingerprint density at radius 3 is 2.61 bits per heavy atom. The number of amides is 1. The van der Waals surface area contributed by atoms with Gasteiger partial charge in [-0.05, 0) is 62.2 Å². The van der Waals surface area contributed by atoms with Crippen molar-refractivity contribution in [3.05, 3.63) is 53.3 Å². The van der Waals surface area contributed by atoms with Crippen molar-refractivity contribution in [1.29, 1.82) is 0 Å². The highest BCUT2D eigenvalue weighted by molar-refractivity contribution is 7.92. The maximum atomic E-state index is 13.5. The summed E-state index contributed by atoms with van der Waals surface area (Å²) < 4.78 is 46.7. The number of halogens is 1. The first-order valence-corrected chi connectivity index (χ1v) is 12.9. The Hall–Kier alpha value is -2.91. The van der Waals surface area contributed by atoms with Gasteiger partial charge in [0.1, 0.15) is 17.2 Å². The van der Waals surface area contributed by atoms with Crippen LogP contribution in [0.4, 0.5) is 10.1 Å². The Labute approximate surface area is 192 Å². The average molecular weight is 472 g/mol. The third-order valence-electron chi connectivity index (χ3n) is 6.81. The van der Waals surface area contributed by atoms with Gasteiger partial charge in [-0.25, -0.2) is 12.8 Å². The molecule has 0 aliphatic carbocycles. The minimum Gasteiger partial charge on any atom is -0.455 e. The zero-order chi connectivity index (χ0) is 23.5. The Kier molecular flexibility index (Phi) is 5.21. The number of carbonyl (C=O) groups excluding carboxylic acids is 1. The predicted molar refractivity (Wildman–Crippen MR) is 125 cm³/mol. The zero-order valence-corrected chi connectivity index (χ0v) is 19.6. The molecular weight excluding hydrogens is 445 g/mol. The maximum Gasteiger partial charge on any atom is 0.255 e. The molecule has 0 spiro atoms. The monoisotopic (exact) mass is 471 g/mol. The molecule has 7 nitrogen and oxygen atoms in total. The van der Waals surface area contributed by atoms with E-state index in [1.807, 2.05) is 6.07 Å². The van der Waals surface area contributed by atoms with Crippen molar-refractivity contribution >= 4 is 32.6 Å². The summed E-state index contributed by atoms with van der Waals surface area (Å²) in [5, 5.41) is 3.27. The summed E-state index contributed by atoms with van der Waals surface area (Å²) in [5.74, 6) is -0.392. The molecule has 2 aromatic carbocycles. The Bertz CT molecular complexity index is 1350. The molecule has 0 bridgehead atoms.